The van der Waals surface area contributed by atoms with E-state index in [1.807, 2.05) is 36.4 Å². The van der Waals surface area contributed by atoms with E-state index >= 15 is 0 Å². The van der Waals surface area contributed by atoms with Crippen molar-refractivity contribution < 1.29 is 4.42 Å². The number of rotatable bonds is 0. The van der Waals surface area contributed by atoms with E-state index in [1.165, 1.54) is 0 Å². The highest BCUT2D eigenvalue weighted by atomic mass is 16.3. The summed E-state index contributed by atoms with van der Waals surface area (Å²) in [6.45, 7) is 0. The molecule has 4 nitrogen and oxygen atoms in total. The summed E-state index contributed by atoms with van der Waals surface area (Å²) < 4.78 is 5.58. The smallest absolute Gasteiger partial charge is 0.248 e. The molecule has 0 saturated heterocycles. The van der Waals surface area contributed by atoms with Gasteiger partial charge in [0.1, 0.15) is 5.52 Å². The highest BCUT2D eigenvalue weighted by Crippen LogP contribution is 2.25. The maximum Gasteiger partial charge on any atom is 0.248 e. The Hall–Kier alpha value is -2.49. The van der Waals surface area contributed by atoms with Crippen LogP contribution in [-0.2, 0) is 0 Å². The lowest BCUT2D eigenvalue weighted by Crippen LogP contribution is -1.83. The van der Waals surface area contributed by atoms with Crippen LogP contribution in [0.3, 0.4) is 0 Å². The lowest BCUT2D eigenvalue weighted by molar-refractivity contribution is 0.641. The van der Waals surface area contributed by atoms with Gasteiger partial charge in [0.15, 0.2) is 0 Å². The molecule has 0 spiro atoms. The first-order valence-corrected chi connectivity index (χ1v) is 5.32. The molecule has 0 aliphatic heterocycles. The molecule has 0 aliphatic rings. The maximum atomic E-state index is 5.58. The van der Waals surface area contributed by atoms with E-state index in [4.69, 9.17) is 4.42 Å². The molecule has 3 heterocycles. The van der Waals surface area contributed by atoms with Crippen molar-refractivity contribution in [2.45, 2.75) is 0 Å². The van der Waals surface area contributed by atoms with Gasteiger partial charge in [-0.3, -0.25) is 0 Å². The Labute approximate surface area is 95.9 Å². The van der Waals surface area contributed by atoms with Gasteiger partial charge in [-0.25, -0.2) is 15.0 Å². The molecule has 0 atom stereocenters. The fraction of sp³-hybridized carbons (Fsp3) is 0. The molecule has 0 unspecified atom stereocenters. The van der Waals surface area contributed by atoms with E-state index < -0.39 is 0 Å². The topological polar surface area (TPSA) is 51.8 Å². The standard InChI is InChI=1S/C13H7N3O/c1-2-6-10-9(5-1)15-11-8-4-3-7-14-12(8)17-13(11)16-10/h1-7H. The van der Waals surface area contributed by atoms with Gasteiger partial charge < -0.3 is 4.42 Å². The summed E-state index contributed by atoms with van der Waals surface area (Å²) >= 11 is 0. The third kappa shape index (κ3) is 1.15. The van der Waals surface area contributed by atoms with E-state index in [0.29, 0.717) is 11.4 Å². The summed E-state index contributed by atoms with van der Waals surface area (Å²) in [5.41, 5.74) is 3.59. The first-order chi connectivity index (χ1) is 8.42. The highest BCUT2D eigenvalue weighted by molar-refractivity contribution is 6.01. The molecule has 17 heavy (non-hydrogen) atoms. The lowest BCUT2D eigenvalue weighted by atomic mass is 10.3. The molecule has 4 aromatic rings. The number of aromatic nitrogens is 3. The van der Waals surface area contributed by atoms with Crippen LogP contribution in [0.15, 0.2) is 47.0 Å². The van der Waals surface area contributed by atoms with Crippen molar-refractivity contribution in [1.29, 1.82) is 0 Å². The second-order valence-electron chi connectivity index (χ2n) is 3.82. The fourth-order valence-electron chi connectivity index (χ4n) is 1.97. The molecule has 4 heteroatoms. The van der Waals surface area contributed by atoms with Crippen molar-refractivity contribution >= 4 is 33.4 Å². The Morgan fingerprint density at radius 3 is 2.53 bits per heavy atom. The largest absolute Gasteiger partial charge is 0.418 e. The molecule has 80 valence electrons. The molecule has 0 saturated carbocycles. The third-order valence-corrected chi connectivity index (χ3v) is 2.76. The van der Waals surface area contributed by atoms with Crippen LogP contribution in [0.4, 0.5) is 0 Å². The number of hydrogen-bond donors (Lipinski definition) is 0. The molecule has 4 rings (SSSR count). The highest BCUT2D eigenvalue weighted by Gasteiger charge is 2.10. The fourth-order valence-corrected chi connectivity index (χ4v) is 1.97. The summed E-state index contributed by atoms with van der Waals surface area (Å²) in [5, 5.41) is 0.903. The minimum Gasteiger partial charge on any atom is -0.418 e. The summed E-state index contributed by atoms with van der Waals surface area (Å²) in [6.07, 6.45) is 1.70. The van der Waals surface area contributed by atoms with Gasteiger partial charge >= 0.3 is 0 Å². The number of para-hydroxylation sites is 2. The third-order valence-electron chi connectivity index (χ3n) is 2.76. The molecule has 0 N–H and O–H groups in total. The summed E-state index contributed by atoms with van der Waals surface area (Å²) in [7, 11) is 0. The minimum absolute atomic E-state index is 0.539. The van der Waals surface area contributed by atoms with Crippen molar-refractivity contribution in [3.05, 3.63) is 42.6 Å². The molecule has 0 bridgehead atoms. The first kappa shape index (κ1) is 8.64. The van der Waals surface area contributed by atoms with Crippen LogP contribution in [0.5, 0.6) is 0 Å². The average Bonchev–Trinajstić information content (AvgIpc) is 2.73. The van der Waals surface area contributed by atoms with Gasteiger partial charge in [-0.1, -0.05) is 12.1 Å². The quantitative estimate of drug-likeness (QED) is 0.458. The van der Waals surface area contributed by atoms with Crippen LogP contribution >= 0.6 is 0 Å². The van der Waals surface area contributed by atoms with Gasteiger partial charge in [0, 0.05) is 6.20 Å². The van der Waals surface area contributed by atoms with Crippen LogP contribution in [-0.4, -0.2) is 15.0 Å². The Bertz CT molecular complexity index is 845. The molecule has 3 aromatic heterocycles. The predicted molar refractivity (Wildman–Crippen MR) is 64.6 cm³/mol. The van der Waals surface area contributed by atoms with Gasteiger partial charge in [0.05, 0.1) is 16.4 Å². The zero-order chi connectivity index (χ0) is 11.2. The zero-order valence-corrected chi connectivity index (χ0v) is 8.79. The monoisotopic (exact) mass is 221 g/mol. The maximum absolute atomic E-state index is 5.58. The molecular formula is C13H7N3O. The van der Waals surface area contributed by atoms with Crippen LogP contribution in [0, 0.1) is 0 Å². The average molecular weight is 221 g/mol. The molecule has 0 radical (unpaired) electrons. The second-order valence-corrected chi connectivity index (χ2v) is 3.82. The van der Waals surface area contributed by atoms with Crippen LogP contribution in [0.25, 0.3) is 33.4 Å². The van der Waals surface area contributed by atoms with E-state index in [9.17, 15) is 0 Å². The number of nitrogens with zero attached hydrogens (tertiary/aromatic N) is 3. The first-order valence-electron chi connectivity index (χ1n) is 5.32. The van der Waals surface area contributed by atoms with Crippen molar-refractivity contribution in [2.75, 3.05) is 0 Å². The molecular weight excluding hydrogens is 214 g/mol. The van der Waals surface area contributed by atoms with Gasteiger partial charge in [-0.15, -0.1) is 0 Å². The van der Waals surface area contributed by atoms with Crippen molar-refractivity contribution in [3.63, 3.8) is 0 Å². The number of pyridine rings is 1. The van der Waals surface area contributed by atoms with Gasteiger partial charge in [-0.05, 0) is 24.3 Å². The second kappa shape index (κ2) is 3.01. The van der Waals surface area contributed by atoms with Crippen LogP contribution in [0.1, 0.15) is 0 Å². The van der Waals surface area contributed by atoms with Gasteiger partial charge in [0.2, 0.25) is 11.4 Å². The van der Waals surface area contributed by atoms with Crippen LogP contribution in [0.2, 0.25) is 0 Å². The van der Waals surface area contributed by atoms with Crippen molar-refractivity contribution in [1.82, 2.24) is 15.0 Å². The predicted octanol–water partition coefficient (Wildman–Crippen LogP) is 2.92. The van der Waals surface area contributed by atoms with Crippen molar-refractivity contribution in [2.24, 2.45) is 0 Å². The van der Waals surface area contributed by atoms with Crippen LogP contribution < -0.4 is 0 Å². The molecule has 1 aromatic carbocycles. The Morgan fingerprint density at radius 2 is 1.65 bits per heavy atom. The van der Waals surface area contributed by atoms with E-state index in [2.05, 4.69) is 15.0 Å². The Balaban J connectivity index is 2.28. The zero-order valence-electron chi connectivity index (χ0n) is 8.79. The SMILES string of the molecule is c1ccc2nc3c(nc2c1)oc1ncccc13. The summed E-state index contributed by atoms with van der Waals surface area (Å²) in [4.78, 5) is 13.2. The number of furan rings is 1. The molecule has 0 fully saturated rings. The lowest BCUT2D eigenvalue weighted by Gasteiger charge is -1.94. The van der Waals surface area contributed by atoms with E-state index in [-0.39, 0.29) is 0 Å². The summed E-state index contributed by atoms with van der Waals surface area (Å²) in [5.74, 6) is 0. The van der Waals surface area contributed by atoms with E-state index in [0.717, 1.165) is 21.9 Å². The summed E-state index contributed by atoms with van der Waals surface area (Å²) in [6, 6.07) is 11.6. The Kier molecular flexibility index (Phi) is 1.53. The molecule has 0 aliphatic carbocycles. The Morgan fingerprint density at radius 1 is 0.824 bits per heavy atom. The number of fused-ring (bicyclic) bond motifs is 4. The van der Waals surface area contributed by atoms with E-state index in [1.54, 1.807) is 6.20 Å². The normalized spacial score (nSPS) is 11.5. The number of benzene rings is 1. The van der Waals surface area contributed by atoms with Gasteiger partial charge in [0.25, 0.3) is 0 Å². The molecule has 0 amide bonds. The van der Waals surface area contributed by atoms with Gasteiger partial charge in [-0.2, -0.15) is 0 Å². The van der Waals surface area contributed by atoms with Crippen molar-refractivity contribution in [3.8, 4) is 0 Å². The minimum atomic E-state index is 0.539. The number of hydrogen-bond acceptors (Lipinski definition) is 4.